The number of nitrogens with one attached hydrogen (secondary N) is 6. The Kier molecular flexibility index (Phi) is 37.3. The van der Waals surface area contributed by atoms with Crippen molar-refractivity contribution in [1.29, 1.82) is 0 Å². The van der Waals surface area contributed by atoms with Crippen molar-refractivity contribution in [2.45, 2.75) is 159 Å². The fourth-order valence-electron chi connectivity index (χ4n) is 12.5. The van der Waals surface area contributed by atoms with E-state index in [9.17, 15) is 38.4 Å². The van der Waals surface area contributed by atoms with E-state index in [4.69, 9.17) is 33.3 Å². The van der Waals surface area contributed by atoms with Gasteiger partial charge in [-0.3, -0.25) is 48.2 Å². The molecule has 6 N–H and O–H groups in total. The van der Waals surface area contributed by atoms with Gasteiger partial charge in [-0.05, 0) is 100 Å². The number of nitrogens with zero attached hydrogens (tertiary/aromatic N) is 5. The summed E-state index contributed by atoms with van der Waals surface area (Å²) in [5, 5.41) is 15.5. The monoisotopic (exact) mass is 1540 g/mol. The second kappa shape index (κ2) is 44.3. The summed E-state index contributed by atoms with van der Waals surface area (Å²) in [6.45, 7) is 18.5. The Morgan fingerprint density at radius 1 is 0.723 bits per heavy atom. The normalized spacial score (nSPS) is 16.2. The molecule has 0 radical (unpaired) electrons. The van der Waals surface area contributed by atoms with Crippen LogP contribution in [-0.2, 0) is 90.5 Å². The minimum absolute atomic E-state index is 0.00808. The maximum absolute atomic E-state index is 14.6. The predicted octanol–water partition coefficient (Wildman–Crippen LogP) is 6.71. The number of halogens is 2. The molecular weight excluding hydrogens is 1430 g/mol. The van der Waals surface area contributed by atoms with Gasteiger partial charge in [0.25, 0.3) is 11.8 Å². The van der Waals surface area contributed by atoms with E-state index in [1.165, 1.54) is 7.11 Å². The summed E-state index contributed by atoms with van der Waals surface area (Å²) in [6, 6.07) is 18.1. The number of rotatable bonds is 47. The number of benzene rings is 3. The van der Waals surface area contributed by atoms with E-state index in [0.29, 0.717) is 98.6 Å². The first-order chi connectivity index (χ1) is 48.3. The molecule has 1 fully saturated rings. The lowest BCUT2D eigenvalue weighted by atomic mass is 9.84. The van der Waals surface area contributed by atoms with Crippen LogP contribution in [0.3, 0.4) is 0 Å². The van der Waals surface area contributed by atoms with Crippen molar-refractivity contribution in [3.8, 4) is 0 Å². The molecule has 0 unspecified atom stereocenters. The molecule has 101 heavy (non-hydrogen) atoms. The van der Waals surface area contributed by atoms with Crippen LogP contribution in [-0.4, -0.2) is 228 Å². The molecule has 2 heterocycles. The number of hydroxylamine groups is 1. The molecule has 1 aliphatic heterocycles. The molecule has 5 rings (SSSR count). The van der Waals surface area contributed by atoms with Gasteiger partial charge in [0.05, 0.1) is 119 Å². The van der Waals surface area contributed by atoms with Crippen molar-refractivity contribution >= 4 is 96.2 Å². The lowest BCUT2D eigenvalue weighted by Gasteiger charge is -2.44. The third-order valence-electron chi connectivity index (χ3n) is 18.3. The third kappa shape index (κ3) is 26.6. The molecule has 1 saturated heterocycles. The highest BCUT2D eigenvalue weighted by Gasteiger charge is 2.45. The third-order valence-corrected chi connectivity index (χ3v) is 19.4. The maximum Gasteiger partial charge on any atom is 0.266 e. The van der Waals surface area contributed by atoms with E-state index in [2.05, 4.69) is 87.7 Å². The van der Waals surface area contributed by atoms with Crippen LogP contribution in [0.25, 0.3) is 11.0 Å². The minimum Gasteiger partial charge on any atom is -0.379 e. The van der Waals surface area contributed by atoms with Crippen LogP contribution in [0.2, 0.25) is 0 Å². The summed E-state index contributed by atoms with van der Waals surface area (Å²) >= 11 is 6.88. The van der Waals surface area contributed by atoms with Crippen LogP contribution in [0.15, 0.2) is 72.8 Å². The molecular formula is C73H109Br2N11O15. The first-order valence-electron chi connectivity index (χ1n) is 34.8. The first-order valence-corrected chi connectivity index (χ1v) is 37.1. The van der Waals surface area contributed by atoms with Gasteiger partial charge in [0.15, 0.2) is 0 Å². The van der Waals surface area contributed by atoms with Gasteiger partial charge in [-0.1, -0.05) is 129 Å². The van der Waals surface area contributed by atoms with Crippen molar-refractivity contribution < 1.29 is 71.6 Å². The molecule has 26 nitrogen and oxygen atoms in total. The van der Waals surface area contributed by atoms with E-state index in [0.717, 1.165) is 35.2 Å². The van der Waals surface area contributed by atoms with E-state index >= 15 is 0 Å². The number of ether oxygens (including phenoxy) is 6. The Bertz CT molecular complexity index is 3240. The van der Waals surface area contributed by atoms with Gasteiger partial charge in [-0.2, -0.15) is 0 Å². The summed E-state index contributed by atoms with van der Waals surface area (Å²) < 4.78 is 34.5. The SMILES string of the molecule is CC[C@H](C)[C@@H]([C@@H](CC(=O)N1CCC[C@H]1[C@H](OC)[C@@H](C)C(=O)N[C@@H](Cc1ccccc1)C(=O)NOCc1ccc(NC(=O)[C@@H](C)NC(=O)CCOCCOCCOCCOCCNC(=O)c2ccc3nc(CBr)c(CBr)nc3c2)cc1)OC)N(C)C[C@](C=O)(NC(=O)[C@H](C(C)C)N(C)C)C(C)C. The van der Waals surface area contributed by atoms with Gasteiger partial charge in [0, 0.05) is 74.6 Å². The molecule has 560 valence electrons. The fraction of sp³-hybridized carbons (Fsp3) is 0.616. The number of fused-ring (bicyclic) bond motifs is 1. The highest BCUT2D eigenvalue weighted by molar-refractivity contribution is 9.09. The van der Waals surface area contributed by atoms with E-state index in [1.807, 2.05) is 89.0 Å². The van der Waals surface area contributed by atoms with Gasteiger partial charge in [0.1, 0.15) is 23.9 Å². The first kappa shape index (κ1) is 85.2. The summed E-state index contributed by atoms with van der Waals surface area (Å²) in [7, 11) is 8.69. The molecule has 0 saturated carbocycles. The number of carbonyl (C=O) groups excluding carboxylic acids is 8. The Hall–Kier alpha value is -6.44. The maximum atomic E-state index is 14.6. The smallest absolute Gasteiger partial charge is 0.266 e. The van der Waals surface area contributed by atoms with Crippen molar-refractivity contribution in [2.24, 2.45) is 23.7 Å². The standard InChI is InChI=1S/C73H109Br2N11O15/c1-14-49(6)66(85(11)45-73(46-87,48(4)5)82-72(94)65(47(2)3)84(9)10)62(95-12)41-64(89)86-30-18-21-61(86)67(96-13)50(7)68(90)81-58(39-52-19-16-15-17-20-52)71(93)83-101-44-53-22-25-55(26-23-53)78-69(91)51(8)77-63(88)28-31-97-33-35-99-37-38-100-36-34-98-32-29-76-70(92)54-24-27-56-57(40-54)80-60(43-75)59(42-74)79-56/h15-17,19-20,22-27,40,46-51,58,61-62,65-67H,14,18,21,28-39,41-45H2,1-13H3,(H,76,92)(H,77,88)(H,78,91)(H,81,90)(H,82,94)(H,83,93)/t49-,50+,51+,58-,61-,62+,65-,66-,67+,73+/m0/s1. The molecule has 0 aliphatic carbocycles. The molecule has 10 atom stereocenters. The minimum atomic E-state index is -1.23. The number of aldehydes is 1. The number of alkyl halides is 2. The van der Waals surface area contributed by atoms with Crippen molar-refractivity contribution in [3.63, 3.8) is 0 Å². The fourth-order valence-corrected chi connectivity index (χ4v) is 13.4. The molecule has 1 aliphatic rings. The van der Waals surface area contributed by atoms with Crippen LogP contribution in [0.5, 0.6) is 0 Å². The number of likely N-dealkylation sites (tertiary alicyclic amines) is 1. The molecule has 7 amide bonds. The number of hydrogen-bond donors (Lipinski definition) is 6. The zero-order valence-corrected chi connectivity index (χ0v) is 64.3. The Balaban J connectivity index is 1.01. The number of anilines is 1. The van der Waals surface area contributed by atoms with E-state index in [1.54, 1.807) is 68.3 Å². The van der Waals surface area contributed by atoms with Gasteiger partial charge < -0.3 is 64.7 Å². The molecule has 0 bridgehead atoms. The van der Waals surface area contributed by atoms with Crippen molar-refractivity contribution in [3.05, 3.63) is 101 Å². The molecule has 4 aromatic rings. The number of hydrogen-bond acceptors (Lipinski definition) is 19. The highest BCUT2D eigenvalue weighted by atomic mass is 79.9. The molecule has 28 heteroatoms. The number of likely N-dealkylation sites (N-methyl/N-ethyl adjacent to an activating group) is 2. The zero-order chi connectivity index (χ0) is 74.2. The highest BCUT2D eigenvalue weighted by Crippen LogP contribution is 2.31. The largest absolute Gasteiger partial charge is 0.379 e. The number of methoxy groups -OCH3 is 2. The quantitative estimate of drug-likeness (QED) is 0.0116. The molecule has 0 spiro atoms. The summed E-state index contributed by atoms with van der Waals surface area (Å²) in [4.78, 5) is 129. The lowest BCUT2D eigenvalue weighted by Crippen LogP contribution is -2.65. The van der Waals surface area contributed by atoms with Crippen LogP contribution in [0.1, 0.15) is 120 Å². The molecule has 1 aromatic heterocycles. The second-order valence-corrected chi connectivity index (χ2v) is 27.7. The average molecular weight is 1540 g/mol. The number of carbonyl (C=O) groups is 8. The van der Waals surface area contributed by atoms with Crippen LogP contribution in [0, 0.1) is 23.7 Å². The zero-order valence-electron chi connectivity index (χ0n) is 61.1. The topological polar surface area (TPSA) is 309 Å². The van der Waals surface area contributed by atoms with Gasteiger partial charge >= 0.3 is 0 Å². The van der Waals surface area contributed by atoms with E-state index < -0.39 is 65.6 Å². The Morgan fingerprint density at radius 2 is 1.35 bits per heavy atom. The van der Waals surface area contributed by atoms with Gasteiger partial charge in [-0.25, -0.2) is 15.4 Å². The molecule has 3 aromatic carbocycles. The van der Waals surface area contributed by atoms with E-state index in [-0.39, 0.29) is 93.1 Å². The number of aromatic nitrogens is 2. The summed E-state index contributed by atoms with van der Waals surface area (Å²) in [5.74, 6) is -3.56. The Labute approximate surface area is 612 Å². The van der Waals surface area contributed by atoms with Crippen LogP contribution in [0.4, 0.5) is 5.69 Å². The lowest BCUT2D eigenvalue weighted by molar-refractivity contribution is -0.144. The second-order valence-electron chi connectivity index (χ2n) is 26.5. The Morgan fingerprint density at radius 3 is 1.92 bits per heavy atom. The number of amides is 7. The van der Waals surface area contributed by atoms with Crippen molar-refractivity contribution in [1.82, 2.24) is 51.4 Å². The van der Waals surface area contributed by atoms with Gasteiger partial charge in [-0.15, -0.1) is 0 Å². The predicted molar refractivity (Wildman–Crippen MR) is 393 cm³/mol. The van der Waals surface area contributed by atoms with Crippen LogP contribution >= 0.6 is 31.9 Å². The van der Waals surface area contributed by atoms with Gasteiger partial charge in [0.2, 0.25) is 29.5 Å². The average Bonchev–Trinajstić information content (AvgIpc) is 1.65. The summed E-state index contributed by atoms with van der Waals surface area (Å²) in [6.07, 6.45) is 1.68. The van der Waals surface area contributed by atoms with Crippen LogP contribution < -0.4 is 32.1 Å². The van der Waals surface area contributed by atoms with Crippen molar-refractivity contribution in [2.75, 3.05) is 113 Å². The summed E-state index contributed by atoms with van der Waals surface area (Å²) in [5.41, 5.74) is 6.70.